The summed E-state index contributed by atoms with van der Waals surface area (Å²) in [7, 11) is 0. The minimum absolute atomic E-state index is 0.483. The number of anilines is 1. The number of hydrogen-bond donors (Lipinski definition) is 1. The number of hydrogen-bond acceptors (Lipinski definition) is 1. The second-order valence-electron chi connectivity index (χ2n) is 1.58. The lowest BCUT2D eigenvalue weighted by atomic mass is 10.3. The van der Waals surface area contributed by atoms with Gasteiger partial charge in [-0.1, -0.05) is 23.2 Å². The Hall–Kier alpha value is -0.400. The van der Waals surface area contributed by atoms with E-state index in [2.05, 4.69) is 6.07 Å². The van der Waals surface area contributed by atoms with Gasteiger partial charge in [0.15, 0.2) is 0 Å². The number of nitrogen functional groups attached to an aromatic ring is 1. The molecule has 0 bridgehead atoms. The topological polar surface area (TPSA) is 26.0 Å². The maximum absolute atomic E-state index is 5.57. The van der Waals surface area contributed by atoms with E-state index in [1.807, 2.05) is 0 Å². The molecule has 0 saturated heterocycles. The normalized spacial score (nSPS) is 9.56. The zero-order valence-corrected chi connectivity index (χ0v) is 6.00. The van der Waals surface area contributed by atoms with Crippen LogP contribution in [0.1, 0.15) is 0 Å². The molecule has 0 atom stereocenters. The lowest BCUT2D eigenvalue weighted by Gasteiger charge is -1.94. The van der Waals surface area contributed by atoms with Crippen LogP contribution in [0, 0.1) is 6.07 Å². The standard InChI is InChI=1S/C6H4Cl2N/c7-4-1-2-5(8)6(9)3-4/h2-3H,9H2. The van der Waals surface area contributed by atoms with E-state index < -0.39 is 0 Å². The van der Waals surface area contributed by atoms with E-state index in [4.69, 9.17) is 28.9 Å². The minimum atomic E-state index is 0.483. The Morgan fingerprint density at radius 1 is 1.44 bits per heavy atom. The molecule has 0 spiro atoms. The molecule has 1 aromatic rings. The van der Waals surface area contributed by atoms with Gasteiger partial charge < -0.3 is 5.73 Å². The molecule has 0 saturated carbocycles. The smallest absolute Gasteiger partial charge is 0.0642 e. The third-order valence-corrected chi connectivity index (χ3v) is 1.44. The predicted octanol–water partition coefficient (Wildman–Crippen LogP) is 2.38. The van der Waals surface area contributed by atoms with Crippen molar-refractivity contribution in [3.63, 3.8) is 0 Å². The van der Waals surface area contributed by atoms with Crippen molar-refractivity contribution in [2.24, 2.45) is 0 Å². The minimum Gasteiger partial charge on any atom is -0.397 e. The molecule has 0 fully saturated rings. The summed E-state index contributed by atoms with van der Waals surface area (Å²) in [5.41, 5.74) is 5.87. The van der Waals surface area contributed by atoms with Crippen molar-refractivity contribution in [1.29, 1.82) is 0 Å². The van der Waals surface area contributed by atoms with E-state index in [-0.39, 0.29) is 0 Å². The van der Waals surface area contributed by atoms with Crippen molar-refractivity contribution >= 4 is 28.9 Å². The molecule has 3 heteroatoms. The molecule has 1 nitrogen and oxygen atoms in total. The molecule has 0 aliphatic heterocycles. The van der Waals surface area contributed by atoms with Crippen LogP contribution in [0.4, 0.5) is 5.69 Å². The Bertz CT molecular complexity index is 222. The van der Waals surface area contributed by atoms with Gasteiger partial charge in [-0.15, -0.1) is 0 Å². The van der Waals surface area contributed by atoms with E-state index in [9.17, 15) is 0 Å². The van der Waals surface area contributed by atoms with Gasteiger partial charge in [-0.3, -0.25) is 0 Å². The van der Waals surface area contributed by atoms with Crippen LogP contribution in [0.3, 0.4) is 0 Å². The van der Waals surface area contributed by atoms with Gasteiger partial charge >= 0.3 is 0 Å². The van der Waals surface area contributed by atoms with Crippen molar-refractivity contribution in [2.75, 3.05) is 5.73 Å². The Labute approximate surface area is 63.4 Å². The molecule has 1 aromatic carbocycles. The van der Waals surface area contributed by atoms with Gasteiger partial charge in [-0.05, 0) is 12.1 Å². The first-order valence-electron chi connectivity index (χ1n) is 2.32. The van der Waals surface area contributed by atoms with Crippen molar-refractivity contribution in [1.82, 2.24) is 0 Å². The molecule has 0 heterocycles. The summed E-state index contributed by atoms with van der Waals surface area (Å²) in [6.07, 6.45) is 0. The van der Waals surface area contributed by atoms with Crippen molar-refractivity contribution in [3.8, 4) is 0 Å². The molecule has 0 aliphatic rings. The van der Waals surface area contributed by atoms with Crippen LogP contribution in [0.5, 0.6) is 0 Å². The Balaban J connectivity index is 3.17. The highest BCUT2D eigenvalue weighted by Crippen LogP contribution is 2.21. The molecule has 1 radical (unpaired) electrons. The second-order valence-corrected chi connectivity index (χ2v) is 2.40. The predicted molar refractivity (Wildman–Crippen MR) is 39.7 cm³/mol. The highest BCUT2D eigenvalue weighted by molar-refractivity contribution is 6.34. The van der Waals surface area contributed by atoms with Crippen LogP contribution >= 0.6 is 23.2 Å². The van der Waals surface area contributed by atoms with Crippen LogP contribution in [-0.4, -0.2) is 0 Å². The maximum atomic E-state index is 5.57. The molecule has 0 aliphatic carbocycles. The van der Waals surface area contributed by atoms with E-state index in [0.29, 0.717) is 15.7 Å². The number of nitrogens with two attached hydrogens (primary N) is 1. The van der Waals surface area contributed by atoms with Gasteiger partial charge in [0.2, 0.25) is 0 Å². The SMILES string of the molecule is Nc1cc(Cl)[c]cc1Cl. The highest BCUT2D eigenvalue weighted by Gasteiger charge is 1.94. The summed E-state index contributed by atoms with van der Waals surface area (Å²) in [5, 5.41) is 0.969. The summed E-state index contributed by atoms with van der Waals surface area (Å²) in [6, 6.07) is 5.79. The van der Waals surface area contributed by atoms with Crippen molar-refractivity contribution in [3.05, 3.63) is 28.2 Å². The van der Waals surface area contributed by atoms with Crippen LogP contribution in [-0.2, 0) is 0 Å². The Morgan fingerprint density at radius 2 is 2.11 bits per heavy atom. The summed E-state index contributed by atoms with van der Waals surface area (Å²) in [4.78, 5) is 0. The van der Waals surface area contributed by atoms with E-state index in [1.165, 1.54) is 0 Å². The first-order valence-corrected chi connectivity index (χ1v) is 3.08. The van der Waals surface area contributed by atoms with Gasteiger partial charge in [-0.25, -0.2) is 0 Å². The maximum Gasteiger partial charge on any atom is 0.0642 e. The number of benzene rings is 1. The zero-order chi connectivity index (χ0) is 6.85. The molecule has 9 heavy (non-hydrogen) atoms. The fourth-order valence-corrected chi connectivity index (χ4v) is 0.744. The second kappa shape index (κ2) is 2.46. The molecule has 1 rings (SSSR count). The molecular formula is C6H4Cl2N. The van der Waals surface area contributed by atoms with E-state index in [1.54, 1.807) is 12.1 Å². The molecule has 47 valence electrons. The largest absolute Gasteiger partial charge is 0.397 e. The van der Waals surface area contributed by atoms with Crippen molar-refractivity contribution < 1.29 is 0 Å². The summed E-state index contributed by atoms with van der Waals surface area (Å²) >= 11 is 11.1. The van der Waals surface area contributed by atoms with Gasteiger partial charge in [0, 0.05) is 6.07 Å². The molecule has 0 unspecified atom stereocenters. The third kappa shape index (κ3) is 1.50. The Kier molecular flexibility index (Phi) is 1.84. The first-order chi connectivity index (χ1) is 4.20. The summed E-state index contributed by atoms with van der Waals surface area (Å²) in [6.45, 7) is 0. The highest BCUT2D eigenvalue weighted by atomic mass is 35.5. The lowest BCUT2D eigenvalue weighted by Crippen LogP contribution is -1.84. The average molecular weight is 161 g/mol. The molecule has 2 N–H and O–H groups in total. The van der Waals surface area contributed by atoms with E-state index >= 15 is 0 Å². The molecule has 0 amide bonds. The number of halogens is 2. The lowest BCUT2D eigenvalue weighted by molar-refractivity contribution is 1.67. The number of rotatable bonds is 0. The van der Waals surface area contributed by atoms with Crippen LogP contribution in [0.15, 0.2) is 12.1 Å². The fraction of sp³-hybridized carbons (Fsp3) is 0. The average Bonchev–Trinajstić information content (AvgIpc) is 1.80. The van der Waals surface area contributed by atoms with Crippen LogP contribution < -0.4 is 5.73 Å². The monoisotopic (exact) mass is 160 g/mol. The quantitative estimate of drug-likeness (QED) is 0.580. The summed E-state index contributed by atoms with van der Waals surface area (Å²) < 4.78 is 0. The third-order valence-electron chi connectivity index (χ3n) is 0.895. The fourth-order valence-electron chi connectivity index (χ4n) is 0.463. The first kappa shape index (κ1) is 6.72. The molecular weight excluding hydrogens is 157 g/mol. The Morgan fingerprint density at radius 3 is 2.56 bits per heavy atom. The molecule has 0 aromatic heterocycles. The van der Waals surface area contributed by atoms with Gasteiger partial charge in [0.05, 0.1) is 15.7 Å². The van der Waals surface area contributed by atoms with Gasteiger partial charge in [0.1, 0.15) is 0 Å². The van der Waals surface area contributed by atoms with Crippen molar-refractivity contribution in [2.45, 2.75) is 0 Å². The van der Waals surface area contributed by atoms with E-state index in [0.717, 1.165) is 0 Å². The zero-order valence-electron chi connectivity index (χ0n) is 4.49. The van der Waals surface area contributed by atoms with Gasteiger partial charge in [0.25, 0.3) is 0 Å². The summed E-state index contributed by atoms with van der Waals surface area (Å²) in [5.74, 6) is 0. The van der Waals surface area contributed by atoms with Crippen LogP contribution in [0.25, 0.3) is 0 Å². The van der Waals surface area contributed by atoms with Crippen LogP contribution in [0.2, 0.25) is 10.0 Å². The van der Waals surface area contributed by atoms with Gasteiger partial charge in [-0.2, -0.15) is 0 Å².